The summed E-state index contributed by atoms with van der Waals surface area (Å²) >= 11 is 12.6. The quantitative estimate of drug-likeness (QED) is 0.384. The van der Waals surface area contributed by atoms with Gasteiger partial charge in [-0.1, -0.05) is 34.4 Å². The van der Waals surface area contributed by atoms with Gasteiger partial charge in [0.15, 0.2) is 0 Å². The third-order valence-corrected chi connectivity index (χ3v) is 4.91. The van der Waals surface area contributed by atoms with E-state index in [0.29, 0.717) is 33.3 Å². The van der Waals surface area contributed by atoms with E-state index in [1.165, 1.54) is 0 Å². The van der Waals surface area contributed by atoms with Crippen LogP contribution in [0.15, 0.2) is 65.3 Å². The summed E-state index contributed by atoms with van der Waals surface area (Å²) in [6.45, 7) is 0. The number of nitrogens with zero attached hydrogens (tertiary/aromatic N) is 4. The number of rotatable bonds is 4. The summed E-state index contributed by atoms with van der Waals surface area (Å²) in [5.41, 5.74) is 3.80. The lowest BCUT2D eigenvalue weighted by molar-refractivity contribution is 0.587. The highest BCUT2D eigenvalue weighted by molar-refractivity contribution is 6.39. The van der Waals surface area contributed by atoms with Gasteiger partial charge in [-0.2, -0.15) is 0 Å². The molecule has 0 saturated carbocycles. The maximum Gasteiger partial charge on any atom is 0.320 e. The Morgan fingerprint density at radius 1 is 0.931 bits per heavy atom. The molecule has 0 bridgehead atoms. The number of fused-ring (bicyclic) bond motifs is 1. The summed E-state index contributed by atoms with van der Waals surface area (Å²) in [4.78, 5) is 11.8. The second kappa shape index (κ2) is 7.20. The van der Waals surface area contributed by atoms with Gasteiger partial charge in [0.2, 0.25) is 5.89 Å². The van der Waals surface area contributed by atoms with E-state index in [1.54, 1.807) is 30.6 Å². The van der Waals surface area contributed by atoms with Gasteiger partial charge in [0.25, 0.3) is 0 Å². The van der Waals surface area contributed by atoms with Crippen LogP contribution in [0.2, 0.25) is 10.0 Å². The number of halogens is 2. The lowest BCUT2D eigenvalue weighted by Gasteiger charge is -2.02. The SMILES string of the molecule is Clc1cccc(Cl)c1-c1nc2ccc(-c3nnc(Nc4ccncc4)o3)cc2[nH]1. The number of nitrogens with one attached hydrogen (secondary N) is 2. The molecular formula is C20H12Cl2N6O. The number of pyridine rings is 1. The van der Waals surface area contributed by atoms with Crippen LogP contribution in [-0.4, -0.2) is 25.1 Å². The van der Waals surface area contributed by atoms with Gasteiger partial charge >= 0.3 is 6.01 Å². The van der Waals surface area contributed by atoms with E-state index >= 15 is 0 Å². The van der Waals surface area contributed by atoms with Gasteiger partial charge in [-0.05, 0) is 42.5 Å². The molecule has 2 N–H and O–H groups in total. The molecule has 5 rings (SSSR count). The van der Waals surface area contributed by atoms with Crippen LogP contribution in [0.3, 0.4) is 0 Å². The minimum Gasteiger partial charge on any atom is -0.403 e. The number of imidazole rings is 1. The Hall–Kier alpha value is -3.42. The maximum absolute atomic E-state index is 6.30. The Labute approximate surface area is 174 Å². The fourth-order valence-electron chi connectivity index (χ4n) is 2.93. The zero-order chi connectivity index (χ0) is 19.8. The summed E-state index contributed by atoms with van der Waals surface area (Å²) in [5.74, 6) is 0.980. The number of benzene rings is 2. The highest BCUT2D eigenvalue weighted by Gasteiger charge is 2.15. The Morgan fingerprint density at radius 2 is 1.72 bits per heavy atom. The van der Waals surface area contributed by atoms with Crippen molar-refractivity contribution in [2.24, 2.45) is 0 Å². The van der Waals surface area contributed by atoms with Crippen molar-refractivity contribution < 1.29 is 4.42 Å². The minimum atomic E-state index is 0.291. The van der Waals surface area contributed by atoms with E-state index in [1.807, 2.05) is 30.3 Å². The molecular weight excluding hydrogens is 411 g/mol. The summed E-state index contributed by atoms with van der Waals surface area (Å²) in [7, 11) is 0. The largest absolute Gasteiger partial charge is 0.403 e. The minimum absolute atomic E-state index is 0.291. The van der Waals surface area contributed by atoms with Crippen molar-refractivity contribution >= 4 is 45.9 Å². The second-order valence-electron chi connectivity index (χ2n) is 6.19. The first-order valence-corrected chi connectivity index (χ1v) is 9.38. The number of H-pyrrole nitrogens is 1. The molecule has 3 aromatic heterocycles. The first-order chi connectivity index (χ1) is 14.2. The van der Waals surface area contributed by atoms with Crippen molar-refractivity contribution in [1.29, 1.82) is 0 Å². The number of anilines is 2. The molecule has 0 aliphatic carbocycles. The van der Waals surface area contributed by atoms with E-state index in [2.05, 4.69) is 30.5 Å². The molecule has 0 fully saturated rings. The van der Waals surface area contributed by atoms with E-state index in [4.69, 9.17) is 27.6 Å². The molecule has 142 valence electrons. The Balaban J connectivity index is 1.48. The summed E-state index contributed by atoms with van der Waals surface area (Å²) < 4.78 is 5.72. The van der Waals surface area contributed by atoms with E-state index < -0.39 is 0 Å². The third-order valence-electron chi connectivity index (χ3n) is 4.28. The van der Waals surface area contributed by atoms with Crippen molar-refractivity contribution in [2.75, 3.05) is 5.32 Å². The van der Waals surface area contributed by atoms with Crippen LogP contribution in [0.5, 0.6) is 0 Å². The summed E-state index contributed by atoms with van der Waals surface area (Å²) in [6, 6.07) is 14.9. The molecule has 0 saturated heterocycles. The number of aromatic nitrogens is 5. The summed E-state index contributed by atoms with van der Waals surface area (Å²) in [6.07, 6.45) is 3.35. The smallest absolute Gasteiger partial charge is 0.320 e. The molecule has 3 heterocycles. The lowest BCUT2D eigenvalue weighted by atomic mass is 10.2. The highest BCUT2D eigenvalue weighted by Crippen LogP contribution is 2.34. The molecule has 7 nitrogen and oxygen atoms in total. The van der Waals surface area contributed by atoms with Crippen molar-refractivity contribution in [2.45, 2.75) is 0 Å². The van der Waals surface area contributed by atoms with Crippen LogP contribution in [0, 0.1) is 0 Å². The average Bonchev–Trinajstić information content (AvgIpc) is 3.35. The van der Waals surface area contributed by atoms with Crippen LogP contribution >= 0.6 is 23.2 Å². The van der Waals surface area contributed by atoms with E-state index in [0.717, 1.165) is 22.3 Å². The van der Waals surface area contributed by atoms with E-state index in [-0.39, 0.29) is 0 Å². The molecule has 0 radical (unpaired) electrons. The monoisotopic (exact) mass is 422 g/mol. The van der Waals surface area contributed by atoms with E-state index in [9.17, 15) is 0 Å². The third kappa shape index (κ3) is 3.41. The topological polar surface area (TPSA) is 92.5 Å². The molecule has 2 aromatic carbocycles. The van der Waals surface area contributed by atoms with Gasteiger partial charge in [-0.15, -0.1) is 5.10 Å². The fraction of sp³-hybridized carbons (Fsp3) is 0. The zero-order valence-electron chi connectivity index (χ0n) is 14.7. The maximum atomic E-state index is 6.30. The number of hydrogen-bond acceptors (Lipinski definition) is 6. The summed E-state index contributed by atoms with van der Waals surface area (Å²) in [5, 5.41) is 12.2. The molecule has 0 aliphatic rings. The predicted octanol–water partition coefficient (Wildman–Crippen LogP) is 5.73. The Kier molecular flexibility index (Phi) is 4.38. The second-order valence-corrected chi connectivity index (χ2v) is 7.00. The van der Waals surface area contributed by atoms with Gasteiger partial charge < -0.3 is 14.7 Å². The first-order valence-electron chi connectivity index (χ1n) is 8.62. The molecule has 0 atom stereocenters. The van der Waals surface area contributed by atoms with Crippen molar-refractivity contribution in [3.63, 3.8) is 0 Å². The van der Waals surface area contributed by atoms with Crippen molar-refractivity contribution in [1.82, 2.24) is 25.1 Å². The van der Waals surface area contributed by atoms with Gasteiger partial charge in [-0.3, -0.25) is 4.98 Å². The molecule has 9 heteroatoms. The molecule has 29 heavy (non-hydrogen) atoms. The van der Waals surface area contributed by atoms with Gasteiger partial charge in [-0.25, -0.2) is 4.98 Å². The fourth-order valence-corrected chi connectivity index (χ4v) is 3.51. The van der Waals surface area contributed by atoms with Gasteiger partial charge in [0.1, 0.15) is 5.82 Å². The van der Waals surface area contributed by atoms with Gasteiger partial charge in [0.05, 0.1) is 26.6 Å². The van der Waals surface area contributed by atoms with Crippen molar-refractivity contribution in [3.8, 4) is 22.8 Å². The predicted molar refractivity (Wildman–Crippen MR) is 112 cm³/mol. The van der Waals surface area contributed by atoms with Crippen LogP contribution < -0.4 is 5.32 Å². The molecule has 0 aliphatic heterocycles. The molecule has 5 aromatic rings. The molecule has 0 amide bonds. The van der Waals surface area contributed by atoms with Gasteiger partial charge in [0, 0.05) is 23.6 Å². The number of hydrogen-bond donors (Lipinski definition) is 2. The first kappa shape index (κ1) is 17.7. The van der Waals surface area contributed by atoms with Crippen LogP contribution in [0.1, 0.15) is 0 Å². The van der Waals surface area contributed by atoms with Crippen molar-refractivity contribution in [3.05, 3.63) is 71.0 Å². The Bertz CT molecular complexity index is 1300. The number of aromatic amines is 1. The van der Waals surface area contributed by atoms with Crippen LogP contribution in [0.4, 0.5) is 11.7 Å². The lowest BCUT2D eigenvalue weighted by Crippen LogP contribution is -1.89. The molecule has 0 spiro atoms. The van der Waals surface area contributed by atoms with Crippen LogP contribution in [0.25, 0.3) is 33.9 Å². The normalized spacial score (nSPS) is 11.1. The van der Waals surface area contributed by atoms with Crippen LogP contribution in [-0.2, 0) is 0 Å². The Morgan fingerprint density at radius 3 is 2.52 bits per heavy atom. The average molecular weight is 423 g/mol. The molecule has 0 unspecified atom stereocenters. The zero-order valence-corrected chi connectivity index (χ0v) is 16.2. The highest BCUT2D eigenvalue weighted by atomic mass is 35.5. The standard InChI is InChI=1S/C20H12Cl2N6O/c21-13-2-1-3-14(22)17(13)18-25-15-5-4-11(10-16(15)26-18)19-27-28-20(29-19)24-12-6-8-23-9-7-12/h1-10H,(H,25,26)(H,23,24,28).